The van der Waals surface area contributed by atoms with Crippen molar-refractivity contribution in [3.63, 3.8) is 0 Å². The van der Waals surface area contributed by atoms with Crippen molar-refractivity contribution in [2.45, 2.75) is 0 Å². The van der Waals surface area contributed by atoms with Gasteiger partial charge in [0.1, 0.15) is 0 Å². The van der Waals surface area contributed by atoms with Crippen LogP contribution in [0.3, 0.4) is 0 Å². The summed E-state index contributed by atoms with van der Waals surface area (Å²) in [5, 5.41) is 0. The average Bonchev–Trinajstić information content (AvgIpc) is 0.722. The Morgan fingerprint density at radius 1 is 1.17 bits per heavy atom. The first kappa shape index (κ1) is 10.7. The molecule has 0 atom stereocenters. The second-order valence-electron chi connectivity index (χ2n) is 0.448. The van der Waals surface area contributed by atoms with Crippen LogP contribution in [0.5, 0.6) is 0 Å². The molecule has 2 N–H and O–H groups in total. The van der Waals surface area contributed by atoms with E-state index in [1.165, 1.54) is 0 Å². The van der Waals surface area contributed by atoms with Gasteiger partial charge < -0.3 is 0 Å². The van der Waals surface area contributed by atoms with Gasteiger partial charge in [0.25, 0.3) is 0 Å². The van der Waals surface area contributed by atoms with Crippen LogP contribution in [0, 0.1) is 0 Å². The van der Waals surface area contributed by atoms with E-state index < -0.39 is 16.7 Å². The van der Waals surface area contributed by atoms with Gasteiger partial charge in [-0.1, -0.05) is 0 Å². The second kappa shape index (κ2) is 3.74. The van der Waals surface area contributed by atoms with Crippen LogP contribution in [0.4, 0.5) is 0 Å². The van der Waals surface area contributed by atoms with Crippen molar-refractivity contribution >= 4 is 48.9 Å². The molecule has 0 spiro atoms. The van der Waals surface area contributed by atoms with E-state index in [4.69, 9.17) is 14.3 Å². The molecule has 0 aromatic rings. The molecule has 0 unspecified atom stereocenters. The van der Waals surface area contributed by atoms with Crippen molar-refractivity contribution < 1.29 is 31.1 Å². The quantitative estimate of drug-likeness (QED) is 0.521. The van der Waals surface area contributed by atoms with Gasteiger partial charge in [-0.25, -0.2) is 0 Å². The summed E-state index contributed by atoms with van der Waals surface area (Å²) < 4.78 is 32.0. The summed E-state index contributed by atoms with van der Waals surface area (Å²) in [6.07, 6.45) is 0. The monoisotopic (exact) mass is 302 g/mol. The third kappa shape index (κ3) is 41.7. The second-order valence-corrected chi connectivity index (χ2v) is 2.65. The maximum absolute atomic E-state index is 8.85. The van der Waals surface area contributed by atoms with Gasteiger partial charge >= 0.3 is 31.1 Å². The van der Waals surface area contributed by atoms with Crippen LogP contribution >= 0.6 is 0 Å². The van der Waals surface area contributed by atoms with E-state index in [1.807, 2.05) is 0 Å². The first-order valence-corrected chi connectivity index (χ1v) is 4.13. The van der Waals surface area contributed by atoms with Crippen LogP contribution in [0.1, 0.15) is 0 Å². The molecular formula is H2BaMoO4. The van der Waals surface area contributed by atoms with Crippen LogP contribution in [-0.2, 0) is 23.5 Å². The Bertz CT molecular complexity index is 90.7. The fourth-order valence-electron chi connectivity index (χ4n) is 0. The zero-order chi connectivity index (χ0) is 4.50. The Labute approximate surface area is 78.3 Å². The molecule has 0 fully saturated rings. The topological polar surface area (TPSA) is 74.6 Å². The molecule has 0 amide bonds. The number of rotatable bonds is 0. The molecule has 6 heavy (non-hydrogen) atoms. The van der Waals surface area contributed by atoms with Gasteiger partial charge in [0.15, 0.2) is 0 Å². The van der Waals surface area contributed by atoms with E-state index in [1.54, 1.807) is 0 Å². The molecule has 0 heterocycles. The molecule has 0 aromatic heterocycles. The van der Waals surface area contributed by atoms with Crippen LogP contribution in [0.25, 0.3) is 0 Å². The Hall–Kier alpha value is 1.78. The molecule has 0 bridgehead atoms. The van der Waals surface area contributed by atoms with Gasteiger partial charge in [0.2, 0.25) is 0 Å². The van der Waals surface area contributed by atoms with Gasteiger partial charge in [-0.2, -0.15) is 0 Å². The summed E-state index contributed by atoms with van der Waals surface area (Å²) in [4.78, 5) is 0. The SMILES string of the molecule is [Ba].[O]=[Mo](=[O])([OH])[OH]. The van der Waals surface area contributed by atoms with Crippen LogP contribution in [0.2, 0.25) is 0 Å². The summed E-state index contributed by atoms with van der Waals surface area (Å²) >= 11 is -5.52. The molecule has 0 aromatic carbocycles. The third-order valence-electron chi connectivity index (χ3n) is 0. The molecule has 0 rings (SSSR count). The number of hydrogen-bond acceptors (Lipinski definition) is 2. The summed E-state index contributed by atoms with van der Waals surface area (Å²) in [5.41, 5.74) is 0. The zero-order valence-corrected chi connectivity index (χ0v) is 9.27. The molecule has 0 aliphatic heterocycles. The van der Waals surface area contributed by atoms with Crippen molar-refractivity contribution in [3.8, 4) is 0 Å². The molecule has 0 aliphatic rings. The third-order valence-corrected chi connectivity index (χ3v) is 0. The van der Waals surface area contributed by atoms with Crippen LogP contribution in [-0.4, -0.2) is 56.4 Å². The van der Waals surface area contributed by atoms with Crippen molar-refractivity contribution in [1.29, 1.82) is 0 Å². The van der Waals surface area contributed by atoms with Gasteiger partial charge in [0, 0.05) is 48.9 Å². The summed E-state index contributed by atoms with van der Waals surface area (Å²) in [7, 11) is 0. The van der Waals surface area contributed by atoms with Gasteiger partial charge in [-0.05, 0) is 0 Å². The predicted molar refractivity (Wildman–Crippen MR) is 11.6 cm³/mol. The Morgan fingerprint density at radius 2 is 1.17 bits per heavy atom. The molecule has 6 heteroatoms. The average molecular weight is 299 g/mol. The molecule has 2 radical (unpaired) electrons. The summed E-state index contributed by atoms with van der Waals surface area (Å²) in [6.45, 7) is 0. The van der Waals surface area contributed by atoms with Gasteiger partial charge in [-0.3, -0.25) is 0 Å². The summed E-state index contributed by atoms with van der Waals surface area (Å²) in [6, 6.07) is 0. The predicted octanol–water partition coefficient (Wildman–Crippen LogP) is -1.73. The van der Waals surface area contributed by atoms with E-state index in [-0.39, 0.29) is 48.9 Å². The first-order valence-electron chi connectivity index (χ1n) is 0.698. The van der Waals surface area contributed by atoms with Gasteiger partial charge in [0.05, 0.1) is 0 Å². The van der Waals surface area contributed by atoms with Crippen molar-refractivity contribution in [1.82, 2.24) is 0 Å². The van der Waals surface area contributed by atoms with E-state index in [0.29, 0.717) is 0 Å². The van der Waals surface area contributed by atoms with Crippen molar-refractivity contribution in [2.24, 2.45) is 0 Å². The van der Waals surface area contributed by atoms with Crippen LogP contribution in [0.15, 0.2) is 0 Å². The Balaban J connectivity index is 0. The molecule has 4 nitrogen and oxygen atoms in total. The zero-order valence-electron chi connectivity index (χ0n) is 2.83. The normalized spacial score (nSPS) is 9.67. The molecule has 0 saturated heterocycles. The Kier molecular flexibility index (Phi) is 6.68. The summed E-state index contributed by atoms with van der Waals surface area (Å²) in [5.74, 6) is 0. The minimum absolute atomic E-state index is 0. The fraction of sp³-hybridized carbons (Fsp3) is 0. The minimum atomic E-state index is -5.52. The van der Waals surface area contributed by atoms with Crippen molar-refractivity contribution in [2.75, 3.05) is 0 Å². The maximum atomic E-state index is 8.85. The van der Waals surface area contributed by atoms with Crippen LogP contribution < -0.4 is 0 Å². The molecule has 0 aliphatic carbocycles. The van der Waals surface area contributed by atoms with E-state index in [0.717, 1.165) is 0 Å². The first-order chi connectivity index (χ1) is 2.00. The fourth-order valence-corrected chi connectivity index (χ4v) is 0. The number of hydrogen-bond donors (Lipinski definition) is 2. The van der Waals surface area contributed by atoms with E-state index in [2.05, 4.69) is 0 Å². The standard InChI is InChI=1S/Ba.Mo.2H2O.2O/h;;2*1H2;;/q;+2;;;;/p-2. The molecule has 0 saturated carbocycles. The molecule has 34 valence electrons. The van der Waals surface area contributed by atoms with Gasteiger partial charge in [-0.15, -0.1) is 0 Å². The van der Waals surface area contributed by atoms with Crippen molar-refractivity contribution in [3.05, 3.63) is 0 Å². The van der Waals surface area contributed by atoms with E-state index >= 15 is 0 Å². The van der Waals surface area contributed by atoms with E-state index in [9.17, 15) is 0 Å². The Morgan fingerprint density at radius 3 is 1.17 bits per heavy atom. The molecular weight excluding hydrogens is 297 g/mol.